The zero-order chi connectivity index (χ0) is 16.7. The summed E-state index contributed by atoms with van der Waals surface area (Å²) in [6, 6.07) is 4.73. The maximum absolute atomic E-state index is 12.2. The van der Waals surface area contributed by atoms with Gasteiger partial charge in [-0.3, -0.25) is 9.89 Å². The van der Waals surface area contributed by atoms with E-state index in [4.69, 9.17) is 9.47 Å². The van der Waals surface area contributed by atoms with Crippen LogP contribution in [0.4, 0.5) is 8.78 Å². The molecule has 0 radical (unpaired) electrons. The van der Waals surface area contributed by atoms with Gasteiger partial charge in [0.15, 0.2) is 6.61 Å². The van der Waals surface area contributed by atoms with Crippen LogP contribution in [0.3, 0.4) is 0 Å². The van der Waals surface area contributed by atoms with E-state index in [9.17, 15) is 13.6 Å². The molecule has 2 rings (SSSR count). The van der Waals surface area contributed by atoms with Gasteiger partial charge >= 0.3 is 0 Å². The molecule has 2 aromatic rings. The number of alkyl halides is 2. The van der Waals surface area contributed by atoms with Crippen LogP contribution in [0, 0.1) is 0 Å². The van der Waals surface area contributed by atoms with Crippen molar-refractivity contribution >= 4 is 5.91 Å². The first-order valence-electron chi connectivity index (χ1n) is 6.91. The fraction of sp³-hybridized carbons (Fsp3) is 0.357. The van der Waals surface area contributed by atoms with Gasteiger partial charge in [0.2, 0.25) is 11.8 Å². The first-order chi connectivity index (χ1) is 11.1. The number of halogens is 2. The Morgan fingerprint density at radius 2 is 2.26 bits per heavy atom. The van der Waals surface area contributed by atoms with E-state index in [2.05, 4.69) is 20.5 Å². The van der Waals surface area contributed by atoms with E-state index in [-0.39, 0.29) is 18.1 Å². The van der Waals surface area contributed by atoms with Gasteiger partial charge in [-0.15, -0.1) is 5.10 Å². The van der Waals surface area contributed by atoms with Gasteiger partial charge in [-0.1, -0.05) is 6.07 Å². The molecular weight excluding hydrogens is 310 g/mol. The van der Waals surface area contributed by atoms with Crippen molar-refractivity contribution < 1.29 is 23.0 Å². The molecule has 0 bridgehead atoms. The molecule has 0 atom stereocenters. The van der Waals surface area contributed by atoms with Gasteiger partial charge in [-0.2, -0.15) is 0 Å². The summed E-state index contributed by atoms with van der Waals surface area (Å²) in [7, 11) is 0. The van der Waals surface area contributed by atoms with E-state index in [1.165, 1.54) is 12.3 Å². The molecule has 7 nitrogen and oxygen atoms in total. The SMILES string of the molecule is CCOc1cc(C(=O)NCc2cccnc2OCC(F)F)[nH]n1. The maximum atomic E-state index is 12.2. The molecule has 0 aromatic carbocycles. The zero-order valence-electron chi connectivity index (χ0n) is 12.4. The van der Waals surface area contributed by atoms with Crippen molar-refractivity contribution in [2.45, 2.75) is 19.9 Å². The molecule has 2 N–H and O–H groups in total. The summed E-state index contributed by atoms with van der Waals surface area (Å²) in [6.07, 6.45) is -1.17. The number of ether oxygens (including phenoxy) is 2. The van der Waals surface area contributed by atoms with Crippen molar-refractivity contribution in [1.82, 2.24) is 20.5 Å². The van der Waals surface area contributed by atoms with Gasteiger partial charge < -0.3 is 14.8 Å². The Morgan fingerprint density at radius 1 is 1.43 bits per heavy atom. The molecule has 0 aliphatic carbocycles. The normalized spacial score (nSPS) is 10.6. The second-order valence-corrected chi connectivity index (χ2v) is 4.41. The van der Waals surface area contributed by atoms with Crippen LogP contribution in [0.2, 0.25) is 0 Å². The van der Waals surface area contributed by atoms with E-state index < -0.39 is 18.9 Å². The molecule has 0 saturated heterocycles. The minimum absolute atomic E-state index is 0.0627. The number of hydrogen-bond acceptors (Lipinski definition) is 5. The standard InChI is InChI=1S/C14H16F2N4O3/c1-2-22-12-6-10(19-20-12)13(21)18-7-9-4-3-5-17-14(9)23-8-11(15)16/h3-6,11H,2,7-8H2,1H3,(H,18,21)(H,19,20). The van der Waals surface area contributed by atoms with Crippen LogP contribution in [0.15, 0.2) is 24.4 Å². The smallest absolute Gasteiger partial charge is 0.272 e. The van der Waals surface area contributed by atoms with Crippen LogP contribution in [0.1, 0.15) is 23.0 Å². The summed E-state index contributed by atoms with van der Waals surface area (Å²) in [5.74, 6) is -0.0279. The third-order valence-electron chi connectivity index (χ3n) is 2.73. The molecule has 2 aromatic heterocycles. The Morgan fingerprint density at radius 3 is 3.00 bits per heavy atom. The van der Waals surface area contributed by atoms with Gasteiger partial charge in [0.05, 0.1) is 6.61 Å². The number of carbonyl (C=O) groups is 1. The molecule has 0 aliphatic heterocycles. The molecule has 2 heterocycles. The van der Waals surface area contributed by atoms with Gasteiger partial charge in [0, 0.05) is 24.4 Å². The average Bonchev–Trinajstić information content (AvgIpc) is 3.00. The van der Waals surface area contributed by atoms with Crippen LogP contribution >= 0.6 is 0 Å². The Kier molecular flexibility index (Phi) is 5.84. The highest BCUT2D eigenvalue weighted by Gasteiger charge is 2.13. The molecule has 124 valence electrons. The number of carbonyl (C=O) groups excluding carboxylic acids is 1. The molecule has 0 aliphatic rings. The number of rotatable bonds is 8. The lowest BCUT2D eigenvalue weighted by Gasteiger charge is -2.10. The molecule has 0 spiro atoms. The highest BCUT2D eigenvalue weighted by Crippen LogP contribution is 2.15. The first-order valence-corrected chi connectivity index (χ1v) is 6.91. The Hall–Kier alpha value is -2.71. The molecule has 0 saturated carbocycles. The molecule has 9 heteroatoms. The summed E-state index contributed by atoms with van der Waals surface area (Å²) in [5, 5.41) is 8.99. The number of amides is 1. The van der Waals surface area contributed by atoms with Crippen molar-refractivity contribution in [1.29, 1.82) is 0 Å². The number of hydrogen-bond donors (Lipinski definition) is 2. The Balaban J connectivity index is 1.95. The van der Waals surface area contributed by atoms with E-state index in [0.717, 1.165) is 0 Å². The van der Waals surface area contributed by atoms with Gasteiger partial charge in [-0.05, 0) is 13.0 Å². The van der Waals surface area contributed by atoms with E-state index in [0.29, 0.717) is 18.1 Å². The first kappa shape index (κ1) is 16.7. The second-order valence-electron chi connectivity index (χ2n) is 4.41. The summed E-state index contributed by atoms with van der Waals surface area (Å²) < 4.78 is 34.5. The van der Waals surface area contributed by atoms with Crippen LogP contribution in [-0.4, -0.2) is 40.7 Å². The summed E-state index contributed by atoms with van der Waals surface area (Å²) in [6.45, 7) is 1.56. The number of H-pyrrole nitrogens is 1. The quantitative estimate of drug-likeness (QED) is 0.772. The number of nitrogens with zero attached hydrogens (tertiary/aromatic N) is 2. The number of nitrogens with one attached hydrogen (secondary N) is 2. The molecule has 1 amide bonds. The second kappa shape index (κ2) is 8.06. The number of pyridine rings is 1. The van der Waals surface area contributed by atoms with Crippen molar-refractivity contribution in [3.63, 3.8) is 0 Å². The van der Waals surface area contributed by atoms with E-state index >= 15 is 0 Å². The molecular formula is C14H16F2N4O3. The van der Waals surface area contributed by atoms with Crippen LogP contribution in [0.5, 0.6) is 11.8 Å². The highest BCUT2D eigenvalue weighted by molar-refractivity contribution is 5.92. The van der Waals surface area contributed by atoms with Gasteiger partial charge in [-0.25, -0.2) is 13.8 Å². The van der Waals surface area contributed by atoms with Crippen molar-refractivity contribution in [2.75, 3.05) is 13.2 Å². The third kappa shape index (κ3) is 4.90. The van der Waals surface area contributed by atoms with Crippen molar-refractivity contribution in [3.05, 3.63) is 35.7 Å². The molecule has 23 heavy (non-hydrogen) atoms. The predicted octanol–water partition coefficient (Wildman–Crippen LogP) is 1.78. The lowest BCUT2D eigenvalue weighted by molar-refractivity contribution is 0.0787. The Labute approximate surface area is 131 Å². The third-order valence-corrected chi connectivity index (χ3v) is 2.73. The lowest BCUT2D eigenvalue weighted by atomic mass is 10.2. The van der Waals surface area contributed by atoms with Crippen LogP contribution in [0.25, 0.3) is 0 Å². The molecule has 0 fully saturated rings. The fourth-order valence-corrected chi connectivity index (χ4v) is 1.74. The van der Waals surface area contributed by atoms with E-state index in [1.54, 1.807) is 19.1 Å². The summed E-state index contributed by atoms with van der Waals surface area (Å²) >= 11 is 0. The van der Waals surface area contributed by atoms with Crippen molar-refractivity contribution in [3.8, 4) is 11.8 Å². The monoisotopic (exact) mass is 326 g/mol. The minimum atomic E-state index is -2.60. The Bertz CT molecular complexity index is 648. The number of aromatic amines is 1. The highest BCUT2D eigenvalue weighted by atomic mass is 19.3. The zero-order valence-corrected chi connectivity index (χ0v) is 12.4. The fourth-order valence-electron chi connectivity index (χ4n) is 1.74. The maximum Gasteiger partial charge on any atom is 0.272 e. The molecule has 0 unspecified atom stereocenters. The van der Waals surface area contributed by atoms with Crippen molar-refractivity contribution in [2.24, 2.45) is 0 Å². The lowest BCUT2D eigenvalue weighted by Crippen LogP contribution is -2.24. The average molecular weight is 326 g/mol. The topological polar surface area (TPSA) is 89.1 Å². The van der Waals surface area contributed by atoms with Gasteiger partial charge in [0.1, 0.15) is 5.69 Å². The van der Waals surface area contributed by atoms with Gasteiger partial charge in [0.25, 0.3) is 12.3 Å². The van der Waals surface area contributed by atoms with E-state index in [1.807, 2.05) is 0 Å². The van der Waals surface area contributed by atoms with Crippen LogP contribution < -0.4 is 14.8 Å². The van der Waals surface area contributed by atoms with Crippen LogP contribution in [-0.2, 0) is 6.54 Å². The summed E-state index contributed by atoms with van der Waals surface area (Å²) in [5.41, 5.74) is 0.721. The minimum Gasteiger partial charge on any atom is -0.477 e. The number of aromatic nitrogens is 3. The predicted molar refractivity (Wildman–Crippen MR) is 76.7 cm³/mol. The summed E-state index contributed by atoms with van der Waals surface area (Å²) in [4.78, 5) is 15.9. The largest absolute Gasteiger partial charge is 0.477 e.